The first-order valence-corrected chi connectivity index (χ1v) is 12.3. The summed E-state index contributed by atoms with van der Waals surface area (Å²) in [6.45, 7) is 3.68. The smallest absolute Gasteiger partial charge is 0.191 e. The van der Waals surface area contributed by atoms with Crippen molar-refractivity contribution in [1.82, 2.24) is 10.6 Å². The number of aliphatic imine (C=N–C) groups is 1. The number of guanidine groups is 1. The van der Waals surface area contributed by atoms with Crippen molar-refractivity contribution >= 4 is 51.5 Å². The predicted octanol–water partition coefficient (Wildman–Crippen LogP) is 3.66. The van der Waals surface area contributed by atoms with E-state index >= 15 is 0 Å². The van der Waals surface area contributed by atoms with Gasteiger partial charge in [-0.2, -0.15) is 11.8 Å². The van der Waals surface area contributed by atoms with Crippen LogP contribution in [-0.2, 0) is 22.0 Å². The number of thioether (sulfide) groups is 1. The van der Waals surface area contributed by atoms with Gasteiger partial charge in [-0.15, -0.1) is 24.0 Å². The van der Waals surface area contributed by atoms with E-state index in [1.54, 1.807) is 19.2 Å². The van der Waals surface area contributed by atoms with E-state index in [1.807, 2.05) is 23.9 Å². The molecule has 160 valence electrons. The quantitative estimate of drug-likeness (QED) is 0.217. The highest BCUT2D eigenvalue weighted by Gasteiger charge is 2.06. The summed E-state index contributed by atoms with van der Waals surface area (Å²) in [5.74, 6) is 2.79. The maximum Gasteiger partial charge on any atom is 0.191 e. The van der Waals surface area contributed by atoms with Crippen molar-refractivity contribution in [1.29, 1.82) is 0 Å². The number of benzene rings is 2. The molecule has 0 unspecified atom stereocenters. The van der Waals surface area contributed by atoms with E-state index in [-0.39, 0.29) is 24.0 Å². The number of rotatable bonds is 9. The number of nitrogens with one attached hydrogen (secondary N) is 2. The SMILES string of the molecule is CN=C(NCCSCc1ccc(C)cc1)NCCc1ccc(S(C)(=O)=O)cc1.I. The number of nitrogens with zero attached hydrogens (tertiary/aromatic N) is 1. The Bertz CT molecular complexity index is 868. The zero-order valence-electron chi connectivity index (χ0n) is 17.1. The number of aryl methyl sites for hydroxylation is 1. The van der Waals surface area contributed by atoms with Crippen LogP contribution < -0.4 is 10.6 Å². The average molecular weight is 548 g/mol. The van der Waals surface area contributed by atoms with Crippen molar-refractivity contribution < 1.29 is 8.42 Å². The molecule has 0 amide bonds. The molecule has 8 heteroatoms. The first-order valence-electron chi connectivity index (χ1n) is 9.25. The van der Waals surface area contributed by atoms with Crippen molar-refractivity contribution in [3.63, 3.8) is 0 Å². The van der Waals surface area contributed by atoms with E-state index in [1.165, 1.54) is 17.4 Å². The number of hydrogen-bond donors (Lipinski definition) is 2. The zero-order chi connectivity index (χ0) is 20.4. The molecule has 2 aromatic carbocycles. The van der Waals surface area contributed by atoms with Gasteiger partial charge >= 0.3 is 0 Å². The van der Waals surface area contributed by atoms with E-state index in [0.29, 0.717) is 4.90 Å². The molecule has 0 saturated heterocycles. The summed E-state index contributed by atoms with van der Waals surface area (Å²) >= 11 is 1.89. The van der Waals surface area contributed by atoms with Crippen LogP contribution in [0.4, 0.5) is 0 Å². The van der Waals surface area contributed by atoms with Crippen LogP contribution in [0, 0.1) is 6.92 Å². The topological polar surface area (TPSA) is 70.6 Å². The van der Waals surface area contributed by atoms with E-state index in [0.717, 1.165) is 42.5 Å². The summed E-state index contributed by atoms with van der Waals surface area (Å²) in [5, 5.41) is 6.61. The second-order valence-corrected chi connectivity index (χ2v) is 9.75. The largest absolute Gasteiger partial charge is 0.356 e. The molecule has 5 nitrogen and oxygen atoms in total. The normalized spacial score (nSPS) is 11.6. The lowest BCUT2D eigenvalue weighted by molar-refractivity contribution is 0.602. The van der Waals surface area contributed by atoms with Crippen molar-refractivity contribution in [3.05, 3.63) is 65.2 Å². The third kappa shape index (κ3) is 9.86. The van der Waals surface area contributed by atoms with Gasteiger partial charge in [0.15, 0.2) is 15.8 Å². The van der Waals surface area contributed by atoms with Crippen molar-refractivity contribution in [3.8, 4) is 0 Å². The number of sulfone groups is 1. The fraction of sp³-hybridized carbons (Fsp3) is 0.381. The minimum atomic E-state index is -3.14. The molecule has 0 radical (unpaired) electrons. The highest BCUT2D eigenvalue weighted by atomic mass is 127. The maximum atomic E-state index is 11.5. The van der Waals surface area contributed by atoms with Gasteiger partial charge in [0, 0.05) is 37.9 Å². The molecule has 0 aliphatic rings. The molecule has 0 aliphatic carbocycles. The Morgan fingerprint density at radius 2 is 1.55 bits per heavy atom. The fourth-order valence-corrected chi connectivity index (χ4v) is 4.01. The Labute approximate surface area is 196 Å². The van der Waals surface area contributed by atoms with Crippen LogP contribution in [0.15, 0.2) is 58.4 Å². The summed E-state index contributed by atoms with van der Waals surface area (Å²) in [7, 11) is -1.38. The monoisotopic (exact) mass is 547 g/mol. The van der Waals surface area contributed by atoms with Gasteiger partial charge in [-0.05, 0) is 36.6 Å². The summed E-state index contributed by atoms with van der Waals surface area (Å²) in [4.78, 5) is 4.59. The molecule has 0 heterocycles. The molecule has 0 aromatic heterocycles. The van der Waals surface area contributed by atoms with Gasteiger partial charge in [-0.1, -0.05) is 42.0 Å². The Kier molecular flexibility index (Phi) is 11.7. The van der Waals surface area contributed by atoms with Gasteiger partial charge in [0.2, 0.25) is 0 Å². The van der Waals surface area contributed by atoms with Crippen LogP contribution in [0.1, 0.15) is 16.7 Å². The molecule has 29 heavy (non-hydrogen) atoms. The Balaban J connectivity index is 0.00000420. The second-order valence-electron chi connectivity index (χ2n) is 6.63. The lowest BCUT2D eigenvalue weighted by Gasteiger charge is -2.12. The molecular formula is C21H30IN3O2S2. The van der Waals surface area contributed by atoms with E-state index in [2.05, 4.69) is 46.8 Å². The van der Waals surface area contributed by atoms with Crippen molar-refractivity contribution in [2.45, 2.75) is 24.0 Å². The molecule has 2 rings (SSSR count). The van der Waals surface area contributed by atoms with E-state index < -0.39 is 9.84 Å². The summed E-state index contributed by atoms with van der Waals surface area (Å²) < 4.78 is 23.0. The third-order valence-corrected chi connectivity index (χ3v) is 6.37. The molecule has 0 saturated carbocycles. The Morgan fingerprint density at radius 3 is 2.14 bits per heavy atom. The molecule has 0 bridgehead atoms. The third-order valence-electron chi connectivity index (χ3n) is 4.21. The molecule has 0 spiro atoms. The summed E-state index contributed by atoms with van der Waals surface area (Å²) in [6, 6.07) is 15.7. The summed E-state index contributed by atoms with van der Waals surface area (Å²) in [6.07, 6.45) is 2.02. The highest BCUT2D eigenvalue weighted by molar-refractivity contribution is 14.0. The van der Waals surface area contributed by atoms with Crippen molar-refractivity contribution in [2.75, 3.05) is 32.1 Å². The molecule has 0 aliphatic heterocycles. The molecule has 0 atom stereocenters. The molecule has 0 fully saturated rings. The maximum absolute atomic E-state index is 11.5. The van der Waals surface area contributed by atoms with Crippen LogP contribution in [-0.4, -0.2) is 46.5 Å². The van der Waals surface area contributed by atoms with Crippen molar-refractivity contribution in [2.24, 2.45) is 4.99 Å². The highest BCUT2D eigenvalue weighted by Crippen LogP contribution is 2.12. The van der Waals surface area contributed by atoms with Crippen LogP contribution >= 0.6 is 35.7 Å². The average Bonchev–Trinajstić information content (AvgIpc) is 2.67. The van der Waals surface area contributed by atoms with Crippen LogP contribution in [0.25, 0.3) is 0 Å². The van der Waals surface area contributed by atoms with Crippen LogP contribution in [0.3, 0.4) is 0 Å². The van der Waals surface area contributed by atoms with Gasteiger partial charge in [0.25, 0.3) is 0 Å². The predicted molar refractivity (Wildman–Crippen MR) is 135 cm³/mol. The van der Waals surface area contributed by atoms with Crippen LogP contribution in [0.2, 0.25) is 0 Å². The summed E-state index contributed by atoms with van der Waals surface area (Å²) in [5.41, 5.74) is 3.72. The zero-order valence-corrected chi connectivity index (χ0v) is 21.1. The Hall–Kier alpha value is -1.26. The molecule has 2 N–H and O–H groups in total. The van der Waals surface area contributed by atoms with Gasteiger partial charge in [0.05, 0.1) is 4.90 Å². The van der Waals surface area contributed by atoms with Gasteiger partial charge in [-0.3, -0.25) is 4.99 Å². The van der Waals surface area contributed by atoms with Gasteiger partial charge in [0.1, 0.15) is 0 Å². The fourth-order valence-electron chi connectivity index (χ4n) is 2.57. The Morgan fingerprint density at radius 1 is 0.966 bits per heavy atom. The van der Waals surface area contributed by atoms with E-state index in [9.17, 15) is 8.42 Å². The molecular weight excluding hydrogens is 517 g/mol. The van der Waals surface area contributed by atoms with Gasteiger partial charge < -0.3 is 10.6 Å². The standard InChI is InChI=1S/C21H29N3O2S2.HI/c1-17-4-6-19(7-5-17)16-27-15-14-24-21(22-2)23-13-12-18-8-10-20(11-9-18)28(3,25)26;/h4-11H,12-16H2,1-3H3,(H2,22,23,24);1H. The number of halogens is 1. The second kappa shape index (κ2) is 13.1. The lowest BCUT2D eigenvalue weighted by atomic mass is 10.1. The minimum Gasteiger partial charge on any atom is -0.356 e. The minimum absolute atomic E-state index is 0. The van der Waals surface area contributed by atoms with Crippen LogP contribution in [0.5, 0.6) is 0 Å². The lowest BCUT2D eigenvalue weighted by Crippen LogP contribution is -2.39. The van der Waals surface area contributed by atoms with E-state index in [4.69, 9.17) is 0 Å². The first-order chi connectivity index (χ1) is 13.4. The first kappa shape index (κ1) is 25.8. The van der Waals surface area contributed by atoms with Gasteiger partial charge in [-0.25, -0.2) is 8.42 Å². The molecule has 2 aromatic rings. The number of hydrogen-bond acceptors (Lipinski definition) is 4.